The minimum atomic E-state index is -3.26. The van der Waals surface area contributed by atoms with E-state index in [1.807, 2.05) is 0 Å². The standard InChI is InChI=1S/C4H10N2O2S/c1-4(2)5-6-9(3,7)8/h4H,3H2,1-2H3,(H,7,8). The minimum Gasteiger partial charge on any atom is -0.296 e. The predicted octanol–water partition coefficient (Wildman–Crippen LogP) is 0.951. The molecule has 0 saturated heterocycles. The van der Waals surface area contributed by atoms with E-state index in [2.05, 4.69) is 15.5 Å². The maximum Gasteiger partial charge on any atom is 0.198 e. The first-order valence-electron chi connectivity index (χ1n) is 2.43. The molecule has 0 aromatic carbocycles. The Morgan fingerprint density at radius 3 is 2.22 bits per heavy atom. The third kappa shape index (κ3) is 7.58. The first-order valence-corrected chi connectivity index (χ1v) is 4.07. The first kappa shape index (κ1) is 8.58. The van der Waals surface area contributed by atoms with Crippen LogP contribution < -0.4 is 0 Å². The Morgan fingerprint density at radius 2 is 2.11 bits per heavy atom. The summed E-state index contributed by atoms with van der Waals surface area (Å²) in [5.41, 5.74) is 0. The third-order valence-corrected chi connectivity index (χ3v) is 0.755. The van der Waals surface area contributed by atoms with Crippen LogP contribution in [0.5, 0.6) is 0 Å². The van der Waals surface area contributed by atoms with E-state index in [-0.39, 0.29) is 6.04 Å². The zero-order chi connectivity index (χ0) is 7.49. The molecule has 0 fully saturated rings. The number of hydrogen-bond acceptors (Lipinski definition) is 2. The van der Waals surface area contributed by atoms with Crippen molar-refractivity contribution in [2.45, 2.75) is 19.9 Å². The molecular weight excluding hydrogens is 140 g/mol. The van der Waals surface area contributed by atoms with E-state index in [4.69, 9.17) is 4.55 Å². The molecule has 0 heterocycles. The van der Waals surface area contributed by atoms with Gasteiger partial charge in [-0.25, -0.2) is 4.21 Å². The van der Waals surface area contributed by atoms with Gasteiger partial charge in [0.1, 0.15) is 0 Å². The Balaban J connectivity index is 4.03. The number of hydrogen-bond donors (Lipinski definition) is 1. The second-order valence-electron chi connectivity index (χ2n) is 1.90. The van der Waals surface area contributed by atoms with Crippen molar-refractivity contribution in [3.05, 3.63) is 0 Å². The van der Waals surface area contributed by atoms with Crippen LogP contribution in [0.2, 0.25) is 0 Å². The SMILES string of the molecule is C=S(=O)(O)N=NC(C)C. The van der Waals surface area contributed by atoms with Gasteiger partial charge in [0.15, 0.2) is 9.99 Å². The Kier molecular flexibility index (Phi) is 2.80. The van der Waals surface area contributed by atoms with Crippen LogP contribution in [-0.2, 0) is 9.99 Å². The highest BCUT2D eigenvalue weighted by Gasteiger charge is 1.90. The quantitative estimate of drug-likeness (QED) is 0.470. The Hall–Kier alpha value is -0.420. The summed E-state index contributed by atoms with van der Waals surface area (Å²) in [5, 5.41) is 3.43. The van der Waals surface area contributed by atoms with Gasteiger partial charge in [0.05, 0.1) is 6.04 Å². The molecular formula is C4H10N2O2S. The van der Waals surface area contributed by atoms with Crippen molar-refractivity contribution in [1.82, 2.24) is 0 Å². The average Bonchev–Trinajstić information content (AvgIpc) is 1.59. The summed E-state index contributed by atoms with van der Waals surface area (Å²) in [6, 6.07) is -0.0558. The Labute approximate surface area is 55.0 Å². The van der Waals surface area contributed by atoms with Crippen LogP contribution in [0.1, 0.15) is 13.8 Å². The molecule has 0 aromatic rings. The molecule has 54 valence electrons. The lowest BCUT2D eigenvalue weighted by Gasteiger charge is -1.91. The van der Waals surface area contributed by atoms with Crippen LogP contribution in [-0.4, -0.2) is 20.7 Å². The molecule has 1 N–H and O–H groups in total. The lowest BCUT2D eigenvalue weighted by molar-refractivity contribution is 0.556. The molecule has 0 aromatic heterocycles. The Bertz CT molecular complexity index is 193. The summed E-state index contributed by atoms with van der Waals surface area (Å²) < 4.78 is 21.8. The molecule has 0 amide bonds. The van der Waals surface area contributed by atoms with E-state index in [1.54, 1.807) is 13.8 Å². The molecule has 0 bridgehead atoms. The zero-order valence-electron chi connectivity index (χ0n) is 5.44. The third-order valence-electron chi connectivity index (χ3n) is 0.406. The molecule has 1 unspecified atom stereocenters. The van der Waals surface area contributed by atoms with Gasteiger partial charge in [-0.15, -0.1) is 0 Å². The van der Waals surface area contributed by atoms with Crippen LogP contribution in [0.25, 0.3) is 0 Å². The van der Waals surface area contributed by atoms with Gasteiger partial charge in [0.25, 0.3) is 0 Å². The molecule has 0 aliphatic carbocycles. The largest absolute Gasteiger partial charge is 0.296 e. The zero-order valence-corrected chi connectivity index (χ0v) is 6.26. The summed E-state index contributed by atoms with van der Waals surface area (Å²) in [6.07, 6.45) is 0. The van der Waals surface area contributed by atoms with Gasteiger partial charge in [-0.3, -0.25) is 4.55 Å². The van der Waals surface area contributed by atoms with Crippen LogP contribution >= 0.6 is 0 Å². The fourth-order valence-electron chi connectivity index (χ4n) is 0.168. The molecule has 0 aliphatic heterocycles. The van der Waals surface area contributed by atoms with Crippen LogP contribution in [0.15, 0.2) is 9.63 Å². The average molecular weight is 150 g/mol. The smallest absolute Gasteiger partial charge is 0.198 e. The fraction of sp³-hybridized carbons (Fsp3) is 0.750. The summed E-state index contributed by atoms with van der Waals surface area (Å²) in [6.45, 7) is 3.52. The molecule has 0 spiro atoms. The molecule has 0 radical (unpaired) electrons. The van der Waals surface area contributed by atoms with E-state index in [1.165, 1.54) is 0 Å². The van der Waals surface area contributed by atoms with Gasteiger partial charge >= 0.3 is 0 Å². The van der Waals surface area contributed by atoms with Gasteiger partial charge in [-0.2, -0.15) is 5.11 Å². The number of nitrogens with zero attached hydrogens (tertiary/aromatic N) is 2. The van der Waals surface area contributed by atoms with E-state index in [9.17, 15) is 4.21 Å². The van der Waals surface area contributed by atoms with Crippen molar-refractivity contribution < 1.29 is 8.76 Å². The van der Waals surface area contributed by atoms with Gasteiger partial charge in [0, 0.05) is 5.87 Å². The van der Waals surface area contributed by atoms with Crippen molar-refractivity contribution in [3.63, 3.8) is 0 Å². The molecule has 5 heteroatoms. The second kappa shape index (κ2) is 2.93. The van der Waals surface area contributed by atoms with Gasteiger partial charge in [-0.05, 0) is 13.8 Å². The van der Waals surface area contributed by atoms with Gasteiger partial charge in [-0.1, -0.05) is 4.52 Å². The molecule has 0 saturated carbocycles. The normalized spacial score (nSPS) is 18.7. The molecule has 9 heavy (non-hydrogen) atoms. The van der Waals surface area contributed by atoms with E-state index in [0.29, 0.717) is 0 Å². The monoisotopic (exact) mass is 150 g/mol. The predicted molar refractivity (Wildman–Crippen MR) is 37.9 cm³/mol. The fourth-order valence-corrected chi connectivity index (χ4v) is 0.504. The van der Waals surface area contributed by atoms with Crippen molar-refractivity contribution in [3.8, 4) is 0 Å². The maximum atomic E-state index is 10.3. The minimum absolute atomic E-state index is 0.0558. The summed E-state index contributed by atoms with van der Waals surface area (Å²) in [5.74, 6) is 2.87. The van der Waals surface area contributed by atoms with Crippen LogP contribution in [0.4, 0.5) is 0 Å². The van der Waals surface area contributed by atoms with Crippen LogP contribution in [0, 0.1) is 0 Å². The summed E-state index contributed by atoms with van der Waals surface area (Å²) in [4.78, 5) is 0. The topological polar surface area (TPSA) is 62.0 Å². The van der Waals surface area contributed by atoms with Crippen molar-refractivity contribution in [2.75, 3.05) is 0 Å². The summed E-state index contributed by atoms with van der Waals surface area (Å²) in [7, 11) is -3.26. The molecule has 4 nitrogen and oxygen atoms in total. The van der Waals surface area contributed by atoms with Crippen molar-refractivity contribution >= 4 is 15.9 Å². The second-order valence-corrected chi connectivity index (χ2v) is 3.27. The van der Waals surface area contributed by atoms with E-state index in [0.717, 1.165) is 0 Å². The van der Waals surface area contributed by atoms with Crippen molar-refractivity contribution in [1.29, 1.82) is 0 Å². The molecule has 1 atom stereocenters. The number of rotatable bonds is 2. The van der Waals surface area contributed by atoms with Gasteiger partial charge in [0.2, 0.25) is 0 Å². The Morgan fingerprint density at radius 1 is 1.67 bits per heavy atom. The lowest BCUT2D eigenvalue weighted by atomic mass is 10.4. The van der Waals surface area contributed by atoms with Crippen molar-refractivity contribution in [2.24, 2.45) is 9.63 Å². The van der Waals surface area contributed by atoms with E-state index >= 15 is 0 Å². The van der Waals surface area contributed by atoms with E-state index < -0.39 is 9.99 Å². The summed E-state index contributed by atoms with van der Waals surface area (Å²) >= 11 is 0. The first-order chi connectivity index (χ1) is 3.92. The van der Waals surface area contributed by atoms with Gasteiger partial charge < -0.3 is 0 Å². The van der Waals surface area contributed by atoms with Crippen LogP contribution in [0.3, 0.4) is 0 Å². The highest BCUT2D eigenvalue weighted by atomic mass is 32.2. The maximum absolute atomic E-state index is 10.3. The highest BCUT2D eigenvalue weighted by Crippen LogP contribution is 1.91. The highest BCUT2D eigenvalue weighted by molar-refractivity contribution is 7.93. The lowest BCUT2D eigenvalue weighted by Crippen LogP contribution is -1.92. The molecule has 0 aliphatic rings. The molecule has 0 rings (SSSR count).